The van der Waals surface area contributed by atoms with Gasteiger partial charge in [0.05, 0.1) is 18.1 Å². The zero-order chi connectivity index (χ0) is 25.5. The van der Waals surface area contributed by atoms with Crippen molar-refractivity contribution in [1.29, 1.82) is 0 Å². The molecule has 0 aliphatic heterocycles. The minimum Gasteiger partial charge on any atom is -0.344 e. The lowest BCUT2D eigenvalue weighted by Gasteiger charge is -2.25. The van der Waals surface area contributed by atoms with Crippen LogP contribution in [0.1, 0.15) is 66.8 Å². The standard InChI is InChI=1S/C32H40N4/c1-22-12-9-13-23(2)30(22)34-26(5)33-21-27-16-11-19-29(20-27)35-32(28-17-7-6-8-18-28)36-31-24(3)14-10-15-25(31)4/h9-16,19-20,28H,6-8,17-18,21H2,1-5H3,(H,33,34)(H,35,36). The third-order valence-electron chi connectivity index (χ3n) is 7.15. The van der Waals surface area contributed by atoms with E-state index in [0.29, 0.717) is 12.5 Å². The number of aliphatic imine (C=N–C) groups is 2. The molecular weight excluding hydrogens is 440 g/mol. The molecule has 4 rings (SSSR count). The van der Waals surface area contributed by atoms with Gasteiger partial charge in [-0.1, -0.05) is 67.8 Å². The number of hydrogen-bond acceptors (Lipinski definition) is 2. The molecule has 0 aromatic heterocycles. The van der Waals surface area contributed by atoms with Crippen LogP contribution in [0.3, 0.4) is 0 Å². The highest BCUT2D eigenvalue weighted by Crippen LogP contribution is 2.30. The Bertz CT molecular complexity index is 1210. The van der Waals surface area contributed by atoms with Crippen LogP contribution in [-0.4, -0.2) is 11.7 Å². The zero-order valence-electron chi connectivity index (χ0n) is 22.5. The van der Waals surface area contributed by atoms with Crippen LogP contribution in [0.5, 0.6) is 0 Å². The molecule has 0 amide bonds. The van der Waals surface area contributed by atoms with Gasteiger partial charge in [-0.3, -0.25) is 4.99 Å². The first-order valence-electron chi connectivity index (χ1n) is 13.3. The van der Waals surface area contributed by atoms with Gasteiger partial charge in [-0.2, -0.15) is 0 Å². The van der Waals surface area contributed by atoms with Gasteiger partial charge in [-0.15, -0.1) is 0 Å². The molecule has 1 aliphatic carbocycles. The number of anilines is 2. The molecule has 36 heavy (non-hydrogen) atoms. The minimum atomic E-state index is 0.475. The molecule has 3 aromatic rings. The van der Waals surface area contributed by atoms with Gasteiger partial charge in [0.15, 0.2) is 0 Å². The summed E-state index contributed by atoms with van der Waals surface area (Å²) in [4.78, 5) is 10.0. The Morgan fingerprint density at radius 3 is 2.06 bits per heavy atom. The van der Waals surface area contributed by atoms with E-state index in [0.717, 1.165) is 28.7 Å². The number of amidine groups is 2. The van der Waals surface area contributed by atoms with Crippen molar-refractivity contribution >= 4 is 28.7 Å². The largest absolute Gasteiger partial charge is 0.344 e. The van der Waals surface area contributed by atoms with Crippen molar-refractivity contribution in [2.45, 2.75) is 73.3 Å². The smallest absolute Gasteiger partial charge is 0.110 e. The van der Waals surface area contributed by atoms with Gasteiger partial charge in [0, 0.05) is 17.3 Å². The zero-order valence-corrected chi connectivity index (χ0v) is 22.5. The maximum atomic E-state index is 5.21. The molecule has 188 valence electrons. The summed E-state index contributed by atoms with van der Waals surface area (Å²) in [5, 5.41) is 7.21. The molecule has 4 nitrogen and oxygen atoms in total. The molecule has 0 saturated heterocycles. The molecule has 1 aliphatic rings. The third kappa shape index (κ3) is 6.63. The predicted molar refractivity (Wildman–Crippen MR) is 156 cm³/mol. The van der Waals surface area contributed by atoms with E-state index in [2.05, 4.69) is 99.0 Å². The number of rotatable bonds is 6. The molecule has 0 atom stereocenters. The number of hydrogen-bond donors (Lipinski definition) is 2. The van der Waals surface area contributed by atoms with Crippen LogP contribution in [0.15, 0.2) is 70.6 Å². The minimum absolute atomic E-state index is 0.475. The summed E-state index contributed by atoms with van der Waals surface area (Å²) >= 11 is 0. The second kappa shape index (κ2) is 12.0. The van der Waals surface area contributed by atoms with Crippen molar-refractivity contribution in [3.63, 3.8) is 0 Å². The van der Waals surface area contributed by atoms with Crippen LogP contribution in [0.2, 0.25) is 0 Å². The maximum Gasteiger partial charge on any atom is 0.110 e. The predicted octanol–water partition coefficient (Wildman–Crippen LogP) is 8.67. The summed E-state index contributed by atoms with van der Waals surface area (Å²) in [6, 6.07) is 21.4. The summed E-state index contributed by atoms with van der Waals surface area (Å²) < 4.78 is 0. The summed E-state index contributed by atoms with van der Waals surface area (Å²) in [7, 11) is 0. The third-order valence-corrected chi connectivity index (χ3v) is 7.15. The fourth-order valence-corrected chi connectivity index (χ4v) is 5.04. The topological polar surface area (TPSA) is 48.8 Å². The second-order valence-corrected chi connectivity index (χ2v) is 10.2. The molecule has 0 bridgehead atoms. The Labute approximate surface area is 217 Å². The van der Waals surface area contributed by atoms with Crippen LogP contribution in [-0.2, 0) is 6.54 Å². The molecular formula is C32H40N4. The van der Waals surface area contributed by atoms with Crippen molar-refractivity contribution in [3.05, 3.63) is 88.5 Å². The van der Waals surface area contributed by atoms with Gasteiger partial charge in [0.2, 0.25) is 0 Å². The normalized spacial score (nSPS) is 15.1. The first-order valence-corrected chi connectivity index (χ1v) is 13.3. The molecule has 0 spiro atoms. The number of benzene rings is 3. The number of nitrogens with zero attached hydrogens (tertiary/aromatic N) is 2. The Kier molecular flexibility index (Phi) is 8.58. The SMILES string of the molecule is CC(=NCc1cccc(NC(=Nc2c(C)cccc2C)C2CCCCC2)c1)Nc1c(C)cccc1C. The average molecular weight is 481 g/mol. The van der Waals surface area contributed by atoms with Gasteiger partial charge >= 0.3 is 0 Å². The molecule has 4 heteroatoms. The number of nitrogens with one attached hydrogen (secondary N) is 2. The van der Waals surface area contributed by atoms with Crippen molar-refractivity contribution in [3.8, 4) is 0 Å². The quantitative estimate of drug-likeness (QED) is 0.274. The summed E-state index contributed by atoms with van der Waals surface area (Å²) in [5.74, 6) is 2.49. The molecule has 2 N–H and O–H groups in total. The van der Waals surface area contributed by atoms with E-state index < -0.39 is 0 Å². The van der Waals surface area contributed by atoms with E-state index in [9.17, 15) is 0 Å². The Morgan fingerprint density at radius 1 is 0.778 bits per heavy atom. The molecule has 0 unspecified atom stereocenters. The maximum absolute atomic E-state index is 5.21. The van der Waals surface area contributed by atoms with E-state index in [4.69, 9.17) is 9.98 Å². The van der Waals surface area contributed by atoms with Gasteiger partial charge in [0.1, 0.15) is 5.84 Å². The monoisotopic (exact) mass is 480 g/mol. The van der Waals surface area contributed by atoms with Gasteiger partial charge in [0.25, 0.3) is 0 Å². The average Bonchev–Trinajstić information content (AvgIpc) is 2.87. The summed E-state index contributed by atoms with van der Waals surface area (Å²) in [5.41, 5.74) is 9.41. The van der Waals surface area contributed by atoms with Crippen LogP contribution in [0.4, 0.5) is 17.1 Å². The van der Waals surface area contributed by atoms with Crippen LogP contribution in [0.25, 0.3) is 0 Å². The van der Waals surface area contributed by atoms with Crippen molar-refractivity contribution in [1.82, 2.24) is 0 Å². The molecule has 0 radical (unpaired) electrons. The first-order chi connectivity index (χ1) is 17.4. The fraction of sp³-hybridized carbons (Fsp3) is 0.375. The van der Waals surface area contributed by atoms with Gasteiger partial charge in [-0.25, -0.2) is 4.99 Å². The highest BCUT2D eigenvalue weighted by atomic mass is 15.0. The van der Waals surface area contributed by atoms with Crippen LogP contribution >= 0.6 is 0 Å². The molecule has 1 saturated carbocycles. The van der Waals surface area contributed by atoms with E-state index in [1.54, 1.807) is 0 Å². The Hall–Kier alpha value is -3.40. The fourth-order valence-electron chi connectivity index (χ4n) is 5.04. The van der Waals surface area contributed by atoms with E-state index in [1.807, 2.05) is 6.92 Å². The van der Waals surface area contributed by atoms with E-state index in [-0.39, 0.29) is 0 Å². The first kappa shape index (κ1) is 25.7. The highest BCUT2D eigenvalue weighted by Gasteiger charge is 2.20. The lowest BCUT2D eigenvalue weighted by Crippen LogP contribution is -2.25. The van der Waals surface area contributed by atoms with Gasteiger partial charge in [-0.05, 0) is 87.4 Å². The molecule has 3 aromatic carbocycles. The van der Waals surface area contributed by atoms with E-state index in [1.165, 1.54) is 59.9 Å². The summed E-state index contributed by atoms with van der Waals surface area (Å²) in [6.07, 6.45) is 6.28. The molecule has 1 fully saturated rings. The Morgan fingerprint density at radius 2 is 1.39 bits per heavy atom. The van der Waals surface area contributed by atoms with Crippen LogP contribution < -0.4 is 10.6 Å². The number of para-hydroxylation sites is 2. The lowest BCUT2D eigenvalue weighted by atomic mass is 9.88. The van der Waals surface area contributed by atoms with Crippen LogP contribution in [0, 0.1) is 33.6 Å². The van der Waals surface area contributed by atoms with Crippen molar-refractivity contribution in [2.24, 2.45) is 15.9 Å². The number of aryl methyl sites for hydroxylation is 4. The van der Waals surface area contributed by atoms with E-state index >= 15 is 0 Å². The van der Waals surface area contributed by atoms with Crippen molar-refractivity contribution in [2.75, 3.05) is 10.6 Å². The van der Waals surface area contributed by atoms with Crippen molar-refractivity contribution < 1.29 is 0 Å². The Balaban J connectivity index is 1.53. The molecule has 0 heterocycles. The second-order valence-electron chi connectivity index (χ2n) is 10.2. The summed E-state index contributed by atoms with van der Waals surface area (Å²) in [6.45, 7) is 11.2. The van der Waals surface area contributed by atoms with Gasteiger partial charge < -0.3 is 10.6 Å². The lowest BCUT2D eigenvalue weighted by molar-refractivity contribution is 0.439. The highest BCUT2D eigenvalue weighted by molar-refractivity contribution is 5.99.